The first kappa shape index (κ1) is 20.6. The van der Waals surface area contributed by atoms with Crippen molar-refractivity contribution in [3.63, 3.8) is 0 Å². The van der Waals surface area contributed by atoms with Gasteiger partial charge in [-0.2, -0.15) is 0 Å². The standard InChI is InChI=1S/C17H35BrOS/c1-2-3-4-5-6-7-8-9-10-13-16-20(19)17-14-11-12-15-18/h2-17H2,1H3. The molecule has 0 aliphatic carbocycles. The molecule has 0 aromatic heterocycles. The van der Waals surface area contributed by atoms with Crippen molar-refractivity contribution in [1.29, 1.82) is 0 Å². The third kappa shape index (κ3) is 16.7. The molecular formula is C17H35BrOS. The topological polar surface area (TPSA) is 17.1 Å². The van der Waals surface area contributed by atoms with Gasteiger partial charge in [-0.15, -0.1) is 0 Å². The molecular weight excluding hydrogens is 332 g/mol. The van der Waals surface area contributed by atoms with Crippen LogP contribution in [0, 0.1) is 0 Å². The predicted molar refractivity (Wildman–Crippen MR) is 97.4 cm³/mol. The highest BCUT2D eigenvalue weighted by Crippen LogP contribution is 2.11. The zero-order valence-electron chi connectivity index (χ0n) is 13.5. The van der Waals surface area contributed by atoms with Gasteiger partial charge in [0.15, 0.2) is 0 Å². The van der Waals surface area contributed by atoms with Crippen molar-refractivity contribution in [3.8, 4) is 0 Å². The molecule has 0 amide bonds. The quantitative estimate of drug-likeness (QED) is 0.234. The Morgan fingerprint density at radius 1 is 0.650 bits per heavy atom. The SMILES string of the molecule is CCCCCCCCCCCCS(=O)CCCCCBr. The summed E-state index contributed by atoms with van der Waals surface area (Å²) in [4.78, 5) is 0. The molecule has 0 aromatic rings. The molecule has 0 aliphatic heterocycles. The molecule has 1 atom stereocenters. The number of hydrogen-bond donors (Lipinski definition) is 0. The Balaban J connectivity index is 3.09. The molecule has 1 nitrogen and oxygen atoms in total. The largest absolute Gasteiger partial charge is 0.260 e. The Labute approximate surface area is 138 Å². The maximum Gasteiger partial charge on any atom is 0.0234 e. The maximum atomic E-state index is 11.7. The molecule has 0 fully saturated rings. The van der Waals surface area contributed by atoms with Gasteiger partial charge in [0, 0.05) is 27.6 Å². The van der Waals surface area contributed by atoms with Gasteiger partial charge in [0.1, 0.15) is 0 Å². The molecule has 0 aromatic carbocycles. The fourth-order valence-corrected chi connectivity index (χ4v) is 4.04. The van der Waals surface area contributed by atoms with Crippen LogP contribution < -0.4 is 0 Å². The van der Waals surface area contributed by atoms with E-state index in [0.29, 0.717) is 0 Å². The number of rotatable bonds is 16. The van der Waals surface area contributed by atoms with Gasteiger partial charge in [-0.05, 0) is 19.3 Å². The molecule has 0 N–H and O–H groups in total. The van der Waals surface area contributed by atoms with Crippen LogP contribution in [0.2, 0.25) is 0 Å². The second-order valence-electron chi connectivity index (χ2n) is 5.78. The van der Waals surface area contributed by atoms with Crippen LogP contribution in [0.3, 0.4) is 0 Å². The molecule has 0 radical (unpaired) electrons. The van der Waals surface area contributed by atoms with Crippen LogP contribution in [-0.2, 0) is 10.8 Å². The van der Waals surface area contributed by atoms with Crippen molar-refractivity contribution in [3.05, 3.63) is 0 Å². The molecule has 0 heterocycles. The van der Waals surface area contributed by atoms with Crippen LogP contribution in [0.25, 0.3) is 0 Å². The Hall–Kier alpha value is 0.630. The van der Waals surface area contributed by atoms with Gasteiger partial charge in [-0.1, -0.05) is 87.1 Å². The summed E-state index contributed by atoms with van der Waals surface area (Å²) >= 11 is 3.43. The highest BCUT2D eigenvalue weighted by atomic mass is 79.9. The summed E-state index contributed by atoms with van der Waals surface area (Å²) in [5.41, 5.74) is 0. The fourth-order valence-electron chi connectivity index (χ4n) is 2.39. The van der Waals surface area contributed by atoms with E-state index in [1.165, 1.54) is 77.0 Å². The van der Waals surface area contributed by atoms with E-state index in [2.05, 4.69) is 22.9 Å². The van der Waals surface area contributed by atoms with Crippen LogP contribution in [0.5, 0.6) is 0 Å². The Kier molecular flexibility index (Phi) is 18.2. The first-order valence-electron chi connectivity index (χ1n) is 8.72. The minimum atomic E-state index is -0.551. The van der Waals surface area contributed by atoms with E-state index >= 15 is 0 Å². The second kappa shape index (κ2) is 17.7. The van der Waals surface area contributed by atoms with E-state index in [9.17, 15) is 4.21 Å². The summed E-state index contributed by atoms with van der Waals surface area (Å²) in [5.74, 6) is 1.86. The molecule has 0 spiro atoms. The van der Waals surface area contributed by atoms with Crippen LogP contribution in [-0.4, -0.2) is 21.0 Å². The maximum absolute atomic E-state index is 11.7. The van der Waals surface area contributed by atoms with Crippen LogP contribution in [0.15, 0.2) is 0 Å². The second-order valence-corrected chi connectivity index (χ2v) is 8.27. The van der Waals surface area contributed by atoms with Crippen LogP contribution in [0.4, 0.5) is 0 Å². The molecule has 3 heteroatoms. The number of halogens is 1. The molecule has 0 saturated heterocycles. The van der Waals surface area contributed by atoms with Gasteiger partial charge in [0.05, 0.1) is 0 Å². The third-order valence-corrected chi connectivity index (χ3v) is 5.78. The molecule has 0 saturated carbocycles. The highest BCUT2D eigenvalue weighted by Gasteiger charge is 2.00. The minimum Gasteiger partial charge on any atom is -0.260 e. The van der Waals surface area contributed by atoms with E-state index < -0.39 is 10.8 Å². The van der Waals surface area contributed by atoms with Gasteiger partial charge in [0.2, 0.25) is 0 Å². The van der Waals surface area contributed by atoms with Crippen molar-refractivity contribution in [1.82, 2.24) is 0 Å². The first-order chi connectivity index (χ1) is 9.81. The predicted octanol–water partition coefficient (Wildman–Crippen LogP) is 6.22. The first-order valence-corrected chi connectivity index (χ1v) is 11.3. The van der Waals surface area contributed by atoms with Gasteiger partial charge in [0.25, 0.3) is 0 Å². The normalized spacial score (nSPS) is 12.7. The zero-order valence-corrected chi connectivity index (χ0v) is 15.9. The fraction of sp³-hybridized carbons (Fsp3) is 1.00. The Morgan fingerprint density at radius 3 is 1.50 bits per heavy atom. The van der Waals surface area contributed by atoms with E-state index in [1.807, 2.05) is 0 Å². The van der Waals surface area contributed by atoms with Crippen molar-refractivity contribution < 1.29 is 4.21 Å². The van der Waals surface area contributed by atoms with Gasteiger partial charge in [-0.25, -0.2) is 0 Å². The van der Waals surface area contributed by atoms with Gasteiger partial charge >= 0.3 is 0 Å². The molecule has 1 unspecified atom stereocenters. The summed E-state index contributed by atoms with van der Waals surface area (Å²) in [7, 11) is -0.551. The summed E-state index contributed by atoms with van der Waals surface area (Å²) < 4.78 is 11.7. The van der Waals surface area contributed by atoms with Crippen molar-refractivity contribution >= 4 is 26.7 Å². The summed E-state index contributed by atoms with van der Waals surface area (Å²) in [5, 5.41) is 1.08. The average molecular weight is 367 g/mol. The molecule has 122 valence electrons. The lowest BCUT2D eigenvalue weighted by Crippen LogP contribution is -2.02. The van der Waals surface area contributed by atoms with Crippen LogP contribution in [0.1, 0.15) is 90.4 Å². The highest BCUT2D eigenvalue weighted by molar-refractivity contribution is 9.09. The van der Waals surface area contributed by atoms with Crippen LogP contribution >= 0.6 is 15.9 Å². The van der Waals surface area contributed by atoms with E-state index in [-0.39, 0.29) is 0 Å². The van der Waals surface area contributed by atoms with Gasteiger partial charge < -0.3 is 0 Å². The van der Waals surface area contributed by atoms with Crippen molar-refractivity contribution in [2.24, 2.45) is 0 Å². The number of alkyl halides is 1. The van der Waals surface area contributed by atoms with Crippen molar-refractivity contribution in [2.45, 2.75) is 90.4 Å². The monoisotopic (exact) mass is 366 g/mol. The smallest absolute Gasteiger partial charge is 0.0234 e. The lowest BCUT2D eigenvalue weighted by atomic mass is 10.1. The molecule has 20 heavy (non-hydrogen) atoms. The van der Waals surface area contributed by atoms with E-state index in [0.717, 1.165) is 23.3 Å². The lowest BCUT2D eigenvalue weighted by Gasteiger charge is -2.03. The van der Waals surface area contributed by atoms with E-state index in [4.69, 9.17) is 0 Å². The number of unbranched alkanes of at least 4 members (excludes halogenated alkanes) is 11. The minimum absolute atomic E-state index is 0.551. The van der Waals surface area contributed by atoms with E-state index in [1.54, 1.807) is 0 Å². The van der Waals surface area contributed by atoms with Gasteiger partial charge in [-0.3, -0.25) is 4.21 Å². The summed E-state index contributed by atoms with van der Waals surface area (Å²) in [6.07, 6.45) is 17.1. The molecule has 0 bridgehead atoms. The van der Waals surface area contributed by atoms with Crippen molar-refractivity contribution in [2.75, 3.05) is 16.8 Å². The summed E-state index contributed by atoms with van der Waals surface area (Å²) in [6, 6.07) is 0. The summed E-state index contributed by atoms with van der Waals surface area (Å²) in [6.45, 7) is 2.27. The number of hydrogen-bond acceptors (Lipinski definition) is 1. The third-order valence-electron chi connectivity index (χ3n) is 3.73. The Bertz CT molecular complexity index is 209. The molecule has 0 rings (SSSR count). The zero-order chi connectivity index (χ0) is 14.9. The lowest BCUT2D eigenvalue weighted by molar-refractivity contribution is 0.562. The molecule has 0 aliphatic rings. The Morgan fingerprint density at radius 2 is 1.05 bits per heavy atom. The average Bonchev–Trinajstić information content (AvgIpc) is 2.45.